The lowest BCUT2D eigenvalue weighted by molar-refractivity contribution is -0.142. The van der Waals surface area contributed by atoms with Crippen molar-refractivity contribution < 1.29 is 17.9 Å². The van der Waals surface area contributed by atoms with Crippen LogP contribution in [-0.4, -0.2) is 27.5 Å². The third-order valence-corrected chi connectivity index (χ3v) is 5.24. The molecule has 0 aliphatic heterocycles. The number of benzene rings is 2. The van der Waals surface area contributed by atoms with E-state index in [4.69, 9.17) is 16.3 Å². The fraction of sp³-hybridized carbons (Fsp3) is 0.278. The van der Waals surface area contributed by atoms with Gasteiger partial charge < -0.3 is 4.74 Å². The lowest BCUT2D eigenvalue weighted by Gasteiger charge is -2.08. The van der Waals surface area contributed by atoms with E-state index < -0.39 is 10.0 Å². The van der Waals surface area contributed by atoms with Gasteiger partial charge in [-0.2, -0.15) is 0 Å². The van der Waals surface area contributed by atoms with Gasteiger partial charge in [0, 0.05) is 11.6 Å². The van der Waals surface area contributed by atoms with Gasteiger partial charge in [0.1, 0.15) is 0 Å². The van der Waals surface area contributed by atoms with Gasteiger partial charge in [0.2, 0.25) is 10.0 Å². The Labute approximate surface area is 153 Å². The van der Waals surface area contributed by atoms with Crippen molar-refractivity contribution >= 4 is 27.6 Å². The average Bonchev–Trinajstić information content (AvgIpc) is 2.57. The van der Waals surface area contributed by atoms with Crippen molar-refractivity contribution in [1.82, 2.24) is 4.72 Å². The molecule has 5 nitrogen and oxygen atoms in total. The van der Waals surface area contributed by atoms with Crippen LogP contribution in [0.1, 0.15) is 18.1 Å². The van der Waals surface area contributed by atoms with Gasteiger partial charge in [-0.05, 0) is 48.7 Å². The third-order valence-electron chi connectivity index (χ3n) is 3.51. The standard InChI is InChI=1S/C18H20ClNO4S/c1-2-24-18(21)13-15-5-3-14(4-6-15)11-12-20-25(22,23)17-9-7-16(19)8-10-17/h3-10,20H,2,11-13H2,1H3. The summed E-state index contributed by atoms with van der Waals surface area (Å²) in [6.07, 6.45) is 0.782. The van der Waals surface area contributed by atoms with Crippen LogP contribution in [0, 0.1) is 0 Å². The van der Waals surface area contributed by atoms with Crippen LogP contribution in [0.25, 0.3) is 0 Å². The maximum atomic E-state index is 12.2. The van der Waals surface area contributed by atoms with Crippen LogP contribution in [0.2, 0.25) is 5.02 Å². The molecule has 0 unspecified atom stereocenters. The lowest BCUT2D eigenvalue weighted by Crippen LogP contribution is -2.25. The summed E-state index contributed by atoms with van der Waals surface area (Å²) < 4.78 is 31.8. The minimum absolute atomic E-state index is 0.182. The second kappa shape index (κ2) is 8.99. The number of sulfonamides is 1. The largest absolute Gasteiger partial charge is 0.466 e. The molecule has 2 aromatic carbocycles. The Morgan fingerprint density at radius 2 is 1.64 bits per heavy atom. The highest BCUT2D eigenvalue weighted by Gasteiger charge is 2.13. The Morgan fingerprint density at radius 1 is 1.04 bits per heavy atom. The van der Waals surface area contributed by atoms with Crippen molar-refractivity contribution in [2.75, 3.05) is 13.2 Å². The number of nitrogens with one attached hydrogen (secondary N) is 1. The van der Waals surface area contributed by atoms with E-state index in [1.54, 1.807) is 19.1 Å². The van der Waals surface area contributed by atoms with E-state index in [2.05, 4.69) is 4.72 Å². The quantitative estimate of drug-likeness (QED) is 0.713. The smallest absolute Gasteiger partial charge is 0.310 e. The van der Waals surface area contributed by atoms with Crippen LogP contribution in [0.3, 0.4) is 0 Å². The number of carbonyl (C=O) groups excluding carboxylic acids is 1. The summed E-state index contributed by atoms with van der Waals surface area (Å²) in [5.74, 6) is -0.258. The molecule has 7 heteroatoms. The lowest BCUT2D eigenvalue weighted by atomic mass is 10.1. The normalized spacial score (nSPS) is 11.3. The zero-order valence-corrected chi connectivity index (χ0v) is 15.4. The van der Waals surface area contributed by atoms with Gasteiger partial charge in [-0.25, -0.2) is 13.1 Å². The predicted molar refractivity (Wildman–Crippen MR) is 97.1 cm³/mol. The molecule has 25 heavy (non-hydrogen) atoms. The van der Waals surface area contributed by atoms with Crippen molar-refractivity contribution in [1.29, 1.82) is 0 Å². The molecule has 0 aliphatic carbocycles. The summed E-state index contributed by atoms with van der Waals surface area (Å²) in [6.45, 7) is 2.42. The van der Waals surface area contributed by atoms with Crippen molar-refractivity contribution in [2.45, 2.75) is 24.7 Å². The average molecular weight is 382 g/mol. The Morgan fingerprint density at radius 3 is 2.24 bits per heavy atom. The SMILES string of the molecule is CCOC(=O)Cc1ccc(CCNS(=O)(=O)c2ccc(Cl)cc2)cc1. The van der Waals surface area contributed by atoms with E-state index in [0.29, 0.717) is 18.1 Å². The number of hydrogen-bond donors (Lipinski definition) is 1. The number of carbonyl (C=O) groups is 1. The van der Waals surface area contributed by atoms with Crippen molar-refractivity contribution in [3.05, 3.63) is 64.7 Å². The molecule has 0 aliphatic rings. The predicted octanol–water partition coefficient (Wildman–Crippen LogP) is 2.97. The molecule has 0 radical (unpaired) electrons. The molecule has 0 bridgehead atoms. The molecule has 2 rings (SSSR count). The maximum absolute atomic E-state index is 12.2. The van der Waals surface area contributed by atoms with Gasteiger partial charge in [-0.3, -0.25) is 4.79 Å². The Balaban J connectivity index is 1.87. The third kappa shape index (κ3) is 6.16. The van der Waals surface area contributed by atoms with Crippen LogP contribution < -0.4 is 4.72 Å². The second-order valence-corrected chi connectivity index (χ2v) is 7.60. The molecular weight excluding hydrogens is 362 g/mol. The van der Waals surface area contributed by atoms with E-state index in [1.807, 2.05) is 24.3 Å². The zero-order valence-electron chi connectivity index (χ0n) is 13.9. The van der Waals surface area contributed by atoms with Crippen molar-refractivity contribution in [3.63, 3.8) is 0 Å². The first kappa shape index (κ1) is 19.4. The number of halogens is 1. The molecule has 0 heterocycles. The summed E-state index contributed by atoms with van der Waals surface area (Å²) in [7, 11) is -3.55. The molecule has 0 atom stereocenters. The van der Waals surface area contributed by atoms with Gasteiger partial charge in [-0.15, -0.1) is 0 Å². The van der Waals surface area contributed by atoms with Crippen LogP contribution in [0.5, 0.6) is 0 Å². The Kier molecular flexibility index (Phi) is 6.99. The molecule has 1 N–H and O–H groups in total. The number of hydrogen-bond acceptors (Lipinski definition) is 4. The summed E-state index contributed by atoms with van der Waals surface area (Å²) in [4.78, 5) is 11.6. The molecule has 0 amide bonds. The van der Waals surface area contributed by atoms with E-state index in [-0.39, 0.29) is 23.8 Å². The van der Waals surface area contributed by atoms with E-state index in [0.717, 1.165) is 11.1 Å². The molecule has 0 saturated heterocycles. The fourth-order valence-electron chi connectivity index (χ4n) is 2.23. The zero-order chi connectivity index (χ0) is 18.3. The van der Waals surface area contributed by atoms with Crippen LogP contribution in [0.4, 0.5) is 0 Å². The summed E-state index contributed by atoms with van der Waals surface area (Å²) in [5.41, 5.74) is 1.84. The first-order valence-corrected chi connectivity index (χ1v) is 9.75. The molecule has 0 saturated carbocycles. The van der Waals surface area contributed by atoms with Gasteiger partial charge in [0.25, 0.3) is 0 Å². The van der Waals surface area contributed by atoms with E-state index in [9.17, 15) is 13.2 Å². The highest BCUT2D eigenvalue weighted by Crippen LogP contribution is 2.14. The fourth-order valence-corrected chi connectivity index (χ4v) is 3.39. The van der Waals surface area contributed by atoms with Gasteiger partial charge >= 0.3 is 5.97 Å². The molecule has 2 aromatic rings. The molecule has 0 spiro atoms. The summed E-state index contributed by atoms with van der Waals surface area (Å²) in [5, 5.41) is 0.488. The first-order chi connectivity index (χ1) is 11.9. The Hall–Kier alpha value is -1.89. The van der Waals surface area contributed by atoms with E-state index >= 15 is 0 Å². The topological polar surface area (TPSA) is 72.5 Å². The molecule has 0 aromatic heterocycles. The van der Waals surface area contributed by atoms with E-state index in [1.165, 1.54) is 12.1 Å². The molecule has 0 fully saturated rings. The minimum atomic E-state index is -3.55. The highest BCUT2D eigenvalue weighted by molar-refractivity contribution is 7.89. The first-order valence-electron chi connectivity index (χ1n) is 7.89. The number of ether oxygens (including phenoxy) is 1. The summed E-state index contributed by atoms with van der Waals surface area (Å²) >= 11 is 5.76. The van der Waals surface area contributed by atoms with Gasteiger partial charge in [-0.1, -0.05) is 35.9 Å². The van der Waals surface area contributed by atoms with Crippen LogP contribution in [0.15, 0.2) is 53.4 Å². The van der Waals surface area contributed by atoms with Crippen molar-refractivity contribution in [2.24, 2.45) is 0 Å². The number of esters is 1. The molecule has 134 valence electrons. The Bertz CT molecular complexity index is 802. The second-order valence-electron chi connectivity index (χ2n) is 5.40. The van der Waals surface area contributed by atoms with Gasteiger partial charge in [0.15, 0.2) is 0 Å². The highest BCUT2D eigenvalue weighted by atomic mass is 35.5. The maximum Gasteiger partial charge on any atom is 0.310 e. The van der Waals surface area contributed by atoms with Gasteiger partial charge in [0.05, 0.1) is 17.9 Å². The minimum Gasteiger partial charge on any atom is -0.466 e. The van der Waals surface area contributed by atoms with Crippen LogP contribution in [-0.2, 0) is 32.4 Å². The summed E-state index contributed by atoms with van der Waals surface area (Å²) in [6, 6.07) is 13.5. The van der Waals surface area contributed by atoms with Crippen LogP contribution >= 0.6 is 11.6 Å². The van der Waals surface area contributed by atoms with Crippen molar-refractivity contribution in [3.8, 4) is 0 Å². The monoisotopic (exact) mass is 381 g/mol. The number of rotatable bonds is 8. The molecular formula is C18H20ClNO4S.